The van der Waals surface area contributed by atoms with Crippen molar-refractivity contribution in [2.24, 2.45) is 0 Å². The lowest BCUT2D eigenvalue weighted by Crippen LogP contribution is -2.03. The molecule has 0 aliphatic rings. The topological polar surface area (TPSA) is 30.0 Å². The predicted molar refractivity (Wildman–Crippen MR) is 76.3 cm³/mol. The largest absolute Gasteiger partial charge is 0.289 e. The Labute approximate surface area is 115 Å². The summed E-state index contributed by atoms with van der Waals surface area (Å²) < 4.78 is 13.5. The summed E-state index contributed by atoms with van der Waals surface area (Å²) in [4.78, 5) is 16.6. The molecular weight excluding hydrogens is 253 g/mol. The number of carbonyl (C=O) groups is 1. The van der Waals surface area contributed by atoms with E-state index in [9.17, 15) is 9.18 Å². The van der Waals surface area contributed by atoms with Crippen molar-refractivity contribution in [3.05, 3.63) is 77.4 Å². The molecule has 0 saturated heterocycles. The smallest absolute Gasteiger partial charge is 0.193 e. The standard InChI is InChI=1S/C17H12FNO/c1-11-7-13(9-14(18)8-11)17(20)15-4-2-3-12-5-6-19-10-16(12)15/h2-10H,1H3. The number of hydrogen-bond donors (Lipinski definition) is 0. The Morgan fingerprint density at radius 2 is 2.00 bits per heavy atom. The quantitative estimate of drug-likeness (QED) is 0.657. The number of ketones is 1. The van der Waals surface area contributed by atoms with Crippen LogP contribution in [0, 0.1) is 12.7 Å². The fourth-order valence-corrected chi connectivity index (χ4v) is 2.33. The zero-order chi connectivity index (χ0) is 14.1. The third kappa shape index (κ3) is 2.18. The SMILES string of the molecule is Cc1cc(F)cc(C(=O)c2cccc3ccncc23)c1. The van der Waals surface area contributed by atoms with Gasteiger partial charge in [-0.1, -0.05) is 18.2 Å². The lowest BCUT2D eigenvalue weighted by Gasteiger charge is -2.06. The normalized spacial score (nSPS) is 10.7. The molecule has 3 rings (SSSR count). The fraction of sp³-hybridized carbons (Fsp3) is 0.0588. The third-order valence-electron chi connectivity index (χ3n) is 3.23. The van der Waals surface area contributed by atoms with E-state index in [4.69, 9.17) is 0 Å². The molecule has 98 valence electrons. The van der Waals surface area contributed by atoms with E-state index in [1.165, 1.54) is 12.1 Å². The van der Waals surface area contributed by atoms with Gasteiger partial charge in [0.05, 0.1) is 0 Å². The molecule has 2 aromatic carbocycles. The Bertz CT molecular complexity index is 785. The number of nitrogens with zero attached hydrogens (tertiary/aromatic N) is 1. The predicted octanol–water partition coefficient (Wildman–Crippen LogP) is 3.91. The van der Waals surface area contributed by atoms with Gasteiger partial charge < -0.3 is 0 Å². The van der Waals surface area contributed by atoms with E-state index in [0.29, 0.717) is 11.1 Å². The molecule has 0 amide bonds. The van der Waals surface area contributed by atoms with Crippen molar-refractivity contribution >= 4 is 16.6 Å². The summed E-state index contributed by atoms with van der Waals surface area (Å²) in [7, 11) is 0. The molecule has 0 unspecified atom stereocenters. The van der Waals surface area contributed by atoms with Crippen LogP contribution in [0.2, 0.25) is 0 Å². The van der Waals surface area contributed by atoms with Crippen LogP contribution in [0.25, 0.3) is 10.8 Å². The van der Waals surface area contributed by atoms with Gasteiger partial charge >= 0.3 is 0 Å². The lowest BCUT2D eigenvalue weighted by atomic mass is 9.97. The van der Waals surface area contributed by atoms with E-state index in [2.05, 4.69) is 4.98 Å². The zero-order valence-electron chi connectivity index (χ0n) is 10.9. The molecule has 2 nitrogen and oxygen atoms in total. The molecule has 0 saturated carbocycles. The van der Waals surface area contributed by atoms with Crippen molar-refractivity contribution in [2.45, 2.75) is 6.92 Å². The molecule has 0 aliphatic heterocycles. The van der Waals surface area contributed by atoms with Crippen molar-refractivity contribution in [3.63, 3.8) is 0 Å². The molecule has 3 heteroatoms. The van der Waals surface area contributed by atoms with Gasteiger partial charge in [-0.25, -0.2) is 4.39 Å². The Balaban J connectivity index is 2.17. The molecule has 0 fully saturated rings. The summed E-state index contributed by atoms with van der Waals surface area (Å²) in [5, 5.41) is 1.72. The van der Waals surface area contributed by atoms with Gasteiger partial charge in [-0.15, -0.1) is 0 Å². The number of hydrogen-bond acceptors (Lipinski definition) is 2. The second-order valence-electron chi connectivity index (χ2n) is 4.75. The number of rotatable bonds is 2. The highest BCUT2D eigenvalue weighted by atomic mass is 19.1. The van der Waals surface area contributed by atoms with Gasteiger partial charge in [0.2, 0.25) is 0 Å². The van der Waals surface area contributed by atoms with Crippen LogP contribution in [0.4, 0.5) is 4.39 Å². The highest BCUT2D eigenvalue weighted by molar-refractivity contribution is 6.16. The number of carbonyl (C=O) groups excluding carboxylic acids is 1. The Hall–Kier alpha value is -2.55. The highest BCUT2D eigenvalue weighted by Crippen LogP contribution is 2.21. The number of aromatic nitrogens is 1. The summed E-state index contributed by atoms with van der Waals surface area (Å²) in [5.41, 5.74) is 1.63. The van der Waals surface area contributed by atoms with Gasteiger partial charge in [0.1, 0.15) is 5.82 Å². The van der Waals surface area contributed by atoms with Gasteiger partial charge in [0.25, 0.3) is 0 Å². The molecule has 0 radical (unpaired) electrons. The van der Waals surface area contributed by atoms with Crippen LogP contribution >= 0.6 is 0 Å². The van der Waals surface area contributed by atoms with Crippen LogP contribution in [0.15, 0.2) is 54.9 Å². The van der Waals surface area contributed by atoms with Crippen molar-refractivity contribution in [3.8, 4) is 0 Å². The van der Waals surface area contributed by atoms with Crippen LogP contribution in [0.5, 0.6) is 0 Å². The summed E-state index contributed by atoms with van der Waals surface area (Å²) in [6.45, 7) is 1.77. The van der Waals surface area contributed by atoms with Crippen molar-refractivity contribution in [1.82, 2.24) is 4.98 Å². The molecule has 0 N–H and O–H groups in total. The minimum atomic E-state index is -0.397. The van der Waals surface area contributed by atoms with Gasteiger partial charge in [0.15, 0.2) is 5.78 Å². The minimum Gasteiger partial charge on any atom is -0.289 e. The van der Waals surface area contributed by atoms with Crippen LogP contribution in [0.3, 0.4) is 0 Å². The van der Waals surface area contributed by atoms with Crippen LogP contribution in [-0.2, 0) is 0 Å². The number of pyridine rings is 1. The first kappa shape index (κ1) is 12.5. The van der Waals surface area contributed by atoms with Crippen LogP contribution < -0.4 is 0 Å². The molecule has 20 heavy (non-hydrogen) atoms. The van der Waals surface area contributed by atoms with Crippen molar-refractivity contribution < 1.29 is 9.18 Å². The first-order chi connectivity index (χ1) is 9.65. The first-order valence-corrected chi connectivity index (χ1v) is 6.30. The summed E-state index contributed by atoms with van der Waals surface area (Å²) in [5.74, 6) is -0.585. The number of aryl methyl sites for hydroxylation is 1. The Morgan fingerprint density at radius 3 is 2.80 bits per heavy atom. The van der Waals surface area contributed by atoms with E-state index in [1.54, 1.807) is 31.5 Å². The van der Waals surface area contributed by atoms with Crippen LogP contribution in [0.1, 0.15) is 21.5 Å². The summed E-state index contributed by atoms with van der Waals surface area (Å²) in [6, 6.07) is 11.7. The average Bonchev–Trinajstić information content (AvgIpc) is 2.45. The van der Waals surface area contributed by atoms with Crippen molar-refractivity contribution in [1.29, 1.82) is 0 Å². The van der Waals surface area contributed by atoms with Crippen LogP contribution in [-0.4, -0.2) is 10.8 Å². The van der Waals surface area contributed by atoms with Crippen molar-refractivity contribution in [2.75, 3.05) is 0 Å². The highest BCUT2D eigenvalue weighted by Gasteiger charge is 2.13. The maximum absolute atomic E-state index is 13.5. The second-order valence-corrected chi connectivity index (χ2v) is 4.75. The Kier molecular flexibility index (Phi) is 3.03. The fourth-order valence-electron chi connectivity index (χ4n) is 2.33. The van der Waals surface area contributed by atoms with E-state index >= 15 is 0 Å². The summed E-state index contributed by atoms with van der Waals surface area (Å²) in [6.07, 6.45) is 3.34. The molecule has 0 atom stereocenters. The van der Waals surface area contributed by atoms with Gasteiger partial charge in [-0.2, -0.15) is 0 Å². The number of halogens is 1. The number of benzene rings is 2. The van der Waals surface area contributed by atoms with E-state index in [1.807, 2.05) is 18.2 Å². The molecule has 1 aromatic heterocycles. The minimum absolute atomic E-state index is 0.189. The maximum Gasteiger partial charge on any atom is 0.193 e. The van der Waals surface area contributed by atoms with E-state index in [0.717, 1.165) is 16.3 Å². The third-order valence-corrected chi connectivity index (χ3v) is 3.23. The van der Waals surface area contributed by atoms with Gasteiger partial charge in [0, 0.05) is 28.9 Å². The van der Waals surface area contributed by atoms with E-state index in [-0.39, 0.29) is 5.78 Å². The molecule has 1 heterocycles. The summed E-state index contributed by atoms with van der Waals surface area (Å²) >= 11 is 0. The average molecular weight is 265 g/mol. The zero-order valence-corrected chi connectivity index (χ0v) is 10.9. The molecular formula is C17H12FNO. The molecule has 0 spiro atoms. The molecule has 0 aliphatic carbocycles. The van der Waals surface area contributed by atoms with Gasteiger partial charge in [-0.3, -0.25) is 9.78 Å². The molecule has 0 bridgehead atoms. The Morgan fingerprint density at radius 1 is 1.15 bits per heavy atom. The lowest BCUT2D eigenvalue weighted by molar-refractivity contribution is 0.103. The maximum atomic E-state index is 13.5. The number of fused-ring (bicyclic) bond motifs is 1. The molecule has 3 aromatic rings. The van der Waals surface area contributed by atoms with E-state index < -0.39 is 5.82 Å². The first-order valence-electron chi connectivity index (χ1n) is 6.30. The monoisotopic (exact) mass is 265 g/mol. The second kappa shape index (κ2) is 4.85. The van der Waals surface area contributed by atoms with Gasteiger partial charge in [-0.05, 0) is 42.1 Å².